The standard InChI is InChI=1S/C19H24F2N4O2/c1-13-16(14(2)27-23-13)10-24-7-4-18(11-24)12-25(8-5-19(18,20)21)17(26)15-3-6-22-9-15/h3,6,9,22H,4-5,7-8,10-12H2,1-2H3. The van der Waals surface area contributed by atoms with Gasteiger partial charge in [-0.15, -0.1) is 0 Å². The highest BCUT2D eigenvalue weighted by molar-refractivity contribution is 5.94. The molecule has 4 heterocycles. The van der Waals surface area contributed by atoms with Crippen molar-refractivity contribution in [1.29, 1.82) is 0 Å². The second-order valence-electron chi connectivity index (χ2n) is 7.82. The molecule has 0 aliphatic carbocycles. The molecule has 27 heavy (non-hydrogen) atoms. The molecule has 1 amide bonds. The molecule has 1 spiro atoms. The molecule has 1 unspecified atom stereocenters. The fourth-order valence-corrected chi connectivity index (χ4v) is 4.39. The molecule has 4 rings (SSSR count). The number of carbonyl (C=O) groups is 1. The summed E-state index contributed by atoms with van der Waals surface area (Å²) in [5, 5.41) is 3.95. The first kappa shape index (κ1) is 18.2. The first-order chi connectivity index (χ1) is 12.8. The average Bonchev–Trinajstić information content (AvgIpc) is 3.35. The Morgan fingerprint density at radius 3 is 2.78 bits per heavy atom. The van der Waals surface area contributed by atoms with Crippen LogP contribution in [-0.2, 0) is 6.54 Å². The third-order valence-electron chi connectivity index (χ3n) is 6.09. The third kappa shape index (κ3) is 3.05. The summed E-state index contributed by atoms with van der Waals surface area (Å²) in [5.74, 6) is -2.24. The molecule has 6 nitrogen and oxygen atoms in total. The molecule has 2 aliphatic heterocycles. The molecular weight excluding hydrogens is 354 g/mol. The van der Waals surface area contributed by atoms with Gasteiger partial charge in [-0.3, -0.25) is 9.69 Å². The first-order valence-corrected chi connectivity index (χ1v) is 9.25. The van der Waals surface area contributed by atoms with E-state index >= 15 is 0 Å². The summed E-state index contributed by atoms with van der Waals surface area (Å²) in [5.41, 5.74) is 1.08. The second-order valence-corrected chi connectivity index (χ2v) is 7.82. The highest BCUT2D eigenvalue weighted by Gasteiger charge is 2.59. The number of halogens is 2. The number of hydrogen-bond donors (Lipinski definition) is 1. The Balaban J connectivity index is 1.52. The van der Waals surface area contributed by atoms with E-state index in [1.165, 1.54) is 0 Å². The van der Waals surface area contributed by atoms with Crippen LogP contribution in [0.2, 0.25) is 0 Å². The van der Waals surface area contributed by atoms with E-state index in [0.29, 0.717) is 25.1 Å². The van der Waals surface area contributed by atoms with Crippen LogP contribution < -0.4 is 0 Å². The number of amides is 1. The number of carbonyl (C=O) groups excluding carboxylic acids is 1. The van der Waals surface area contributed by atoms with E-state index in [1.54, 1.807) is 23.4 Å². The van der Waals surface area contributed by atoms with Gasteiger partial charge in [0.2, 0.25) is 0 Å². The monoisotopic (exact) mass is 378 g/mol. The van der Waals surface area contributed by atoms with Gasteiger partial charge in [-0.2, -0.15) is 0 Å². The van der Waals surface area contributed by atoms with Gasteiger partial charge in [-0.1, -0.05) is 5.16 Å². The molecule has 0 aromatic carbocycles. The lowest BCUT2D eigenvalue weighted by molar-refractivity contribution is -0.155. The summed E-state index contributed by atoms with van der Waals surface area (Å²) < 4.78 is 35.1. The minimum atomic E-state index is -2.78. The van der Waals surface area contributed by atoms with E-state index in [2.05, 4.69) is 10.1 Å². The molecule has 2 aliphatic rings. The maximum Gasteiger partial charge on any atom is 0.258 e. The number of likely N-dealkylation sites (tertiary alicyclic amines) is 2. The number of H-pyrrole nitrogens is 1. The molecule has 0 radical (unpaired) electrons. The van der Waals surface area contributed by atoms with Crippen molar-refractivity contribution in [3.8, 4) is 0 Å². The Bertz CT molecular complexity index is 813. The summed E-state index contributed by atoms with van der Waals surface area (Å²) >= 11 is 0. The van der Waals surface area contributed by atoms with Crippen molar-refractivity contribution >= 4 is 5.91 Å². The zero-order valence-corrected chi connectivity index (χ0v) is 15.6. The number of hydrogen-bond acceptors (Lipinski definition) is 4. The van der Waals surface area contributed by atoms with Gasteiger partial charge in [0.25, 0.3) is 11.8 Å². The summed E-state index contributed by atoms with van der Waals surface area (Å²) in [6.07, 6.45) is 3.37. The van der Waals surface area contributed by atoms with Gasteiger partial charge in [0.15, 0.2) is 0 Å². The number of aromatic amines is 1. The van der Waals surface area contributed by atoms with Crippen LogP contribution >= 0.6 is 0 Å². The Morgan fingerprint density at radius 1 is 1.30 bits per heavy atom. The maximum atomic E-state index is 15.0. The van der Waals surface area contributed by atoms with E-state index < -0.39 is 11.3 Å². The van der Waals surface area contributed by atoms with Crippen LogP contribution in [-0.4, -0.2) is 57.9 Å². The van der Waals surface area contributed by atoms with E-state index in [9.17, 15) is 13.6 Å². The predicted molar refractivity (Wildman–Crippen MR) is 94.6 cm³/mol. The van der Waals surface area contributed by atoms with Gasteiger partial charge in [0, 0.05) is 50.6 Å². The van der Waals surface area contributed by atoms with Crippen molar-refractivity contribution in [3.63, 3.8) is 0 Å². The van der Waals surface area contributed by atoms with Crippen LogP contribution in [0.4, 0.5) is 8.78 Å². The smallest absolute Gasteiger partial charge is 0.258 e. The van der Waals surface area contributed by atoms with Gasteiger partial charge in [0.05, 0.1) is 16.7 Å². The molecule has 8 heteroatoms. The molecule has 0 bridgehead atoms. The van der Waals surface area contributed by atoms with Crippen LogP contribution in [0.5, 0.6) is 0 Å². The fraction of sp³-hybridized carbons (Fsp3) is 0.579. The Labute approximate surface area is 156 Å². The number of piperidine rings is 1. The quantitative estimate of drug-likeness (QED) is 0.892. The van der Waals surface area contributed by atoms with Gasteiger partial charge >= 0.3 is 0 Å². The van der Waals surface area contributed by atoms with Crippen molar-refractivity contribution in [2.24, 2.45) is 5.41 Å². The van der Waals surface area contributed by atoms with Gasteiger partial charge < -0.3 is 14.4 Å². The molecule has 0 saturated carbocycles. The van der Waals surface area contributed by atoms with Crippen molar-refractivity contribution in [3.05, 3.63) is 41.0 Å². The lowest BCUT2D eigenvalue weighted by atomic mass is 9.75. The van der Waals surface area contributed by atoms with Gasteiger partial charge in [-0.25, -0.2) is 8.78 Å². The summed E-state index contributed by atoms with van der Waals surface area (Å²) in [6.45, 7) is 5.26. The predicted octanol–water partition coefficient (Wildman–Crippen LogP) is 2.99. The molecular formula is C19H24F2N4O2. The average molecular weight is 378 g/mol. The Morgan fingerprint density at radius 2 is 2.11 bits per heavy atom. The SMILES string of the molecule is Cc1noc(C)c1CN1CCC2(C1)CN(C(=O)c1cc[nH]c1)CCC2(F)F. The number of alkyl halides is 2. The molecule has 1 N–H and O–H groups in total. The minimum Gasteiger partial charge on any atom is -0.367 e. The zero-order chi connectivity index (χ0) is 19.2. The van der Waals surface area contributed by atoms with Crippen LogP contribution in [0.3, 0.4) is 0 Å². The molecule has 2 aromatic rings. The third-order valence-corrected chi connectivity index (χ3v) is 6.09. The van der Waals surface area contributed by atoms with Crippen molar-refractivity contribution in [2.45, 2.75) is 39.2 Å². The zero-order valence-electron chi connectivity index (χ0n) is 15.6. The lowest BCUT2D eigenvalue weighted by Gasteiger charge is -2.46. The Hall–Kier alpha value is -2.22. The summed E-state index contributed by atoms with van der Waals surface area (Å²) in [7, 11) is 0. The number of aromatic nitrogens is 2. The summed E-state index contributed by atoms with van der Waals surface area (Å²) in [4.78, 5) is 19.1. The van der Waals surface area contributed by atoms with E-state index in [4.69, 9.17) is 4.52 Å². The van der Waals surface area contributed by atoms with Crippen LogP contribution in [0.25, 0.3) is 0 Å². The van der Waals surface area contributed by atoms with Crippen molar-refractivity contribution in [2.75, 3.05) is 26.2 Å². The molecule has 146 valence electrons. The highest BCUT2D eigenvalue weighted by Crippen LogP contribution is 2.50. The number of rotatable bonds is 3. The summed E-state index contributed by atoms with van der Waals surface area (Å²) in [6, 6.07) is 1.68. The maximum absolute atomic E-state index is 15.0. The number of nitrogens with zero attached hydrogens (tertiary/aromatic N) is 3. The molecule has 2 fully saturated rings. The van der Waals surface area contributed by atoms with E-state index in [1.807, 2.05) is 18.7 Å². The van der Waals surface area contributed by atoms with Gasteiger partial charge in [0.1, 0.15) is 5.76 Å². The first-order valence-electron chi connectivity index (χ1n) is 9.25. The van der Waals surface area contributed by atoms with E-state index in [-0.39, 0.29) is 32.0 Å². The van der Waals surface area contributed by atoms with Crippen LogP contribution in [0.1, 0.15) is 40.2 Å². The van der Waals surface area contributed by atoms with Crippen molar-refractivity contribution in [1.82, 2.24) is 19.9 Å². The molecule has 1 atom stereocenters. The number of nitrogens with one attached hydrogen (secondary N) is 1. The van der Waals surface area contributed by atoms with Crippen molar-refractivity contribution < 1.29 is 18.1 Å². The topological polar surface area (TPSA) is 65.4 Å². The largest absolute Gasteiger partial charge is 0.367 e. The Kier molecular flexibility index (Phi) is 4.33. The van der Waals surface area contributed by atoms with Gasteiger partial charge in [-0.05, 0) is 32.9 Å². The number of aryl methyl sites for hydroxylation is 2. The molecule has 2 saturated heterocycles. The lowest BCUT2D eigenvalue weighted by Crippen LogP contribution is -2.58. The van der Waals surface area contributed by atoms with Crippen LogP contribution in [0, 0.1) is 19.3 Å². The normalized spacial score (nSPS) is 25.4. The van der Waals surface area contributed by atoms with E-state index in [0.717, 1.165) is 17.0 Å². The highest BCUT2D eigenvalue weighted by atomic mass is 19.3. The second kappa shape index (κ2) is 6.44. The molecule has 2 aromatic heterocycles. The fourth-order valence-electron chi connectivity index (χ4n) is 4.39. The van der Waals surface area contributed by atoms with Crippen LogP contribution in [0.15, 0.2) is 23.0 Å². The minimum absolute atomic E-state index is 0.0854.